The van der Waals surface area contributed by atoms with Crippen LogP contribution in [0.15, 0.2) is 30.5 Å². The van der Waals surface area contributed by atoms with E-state index >= 15 is 0 Å². The van der Waals surface area contributed by atoms with E-state index in [1.807, 2.05) is 6.20 Å². The van der Waals surface area contributed by atoms with Crippen LogP contribution in [-0.4, -0.2) is 11.0 Å². The summed E-state index contributed by atoms with van der Waals surface area (Å²) < 4.78 is 0. The van der Waals surface area contributed by atoms with Crippen LogP contribution >= 0.6 is 0 Å². The fraction of sp³-hybridized carbons (Fsp3) is 0.500. The van der Waals surface area contributed by atoms with Gasteiger partial charge < -0.3 is 10.3 Å². The van der Waals surface area contributed by atoms with E-state index in [9.17, 15) is 0 Å². The highest BCUT2D eigenvalue weighted by Gasteiger charge is 2.30. The first-order valence-corrected chi connectivity index (χ1v) is 6.92. The Labute approximate surface area is 109 Å². The average molecular weight is 242 g/mol. The molecule has 0 aliphatic heterocycles. The first-order chi connectivity index (χ1) is 8.62. The Kier molecular flexibility index (Phi) is 2.90. The molecule has 3 rings (SSSR count). The van der Waals surface area contributed by atoms with E-state index < -0.39 is 0 Å². The highest BCUT2D eigenvalue weighted by Crippen LogP contribution is 2.36. The summed E-state index contributed by atoms with van der Waals surface area (Å²) in [6.45, 7) is 5.73. The van der Waals surface area contributed by atoms with Crippen LogP contribution in [-0.2, 0) is 6.54 Å². The molecule has 0 amide bonds. The molecule has 0 radical (unpaired) electrons. The number of H-pyrrole nitrogens is 1. The second kappa shape index (κ2) is 4.43. The van der Waals surface area contributed by atoms with Crippen LogP contribution in [0.1, 0.15) is 38.7 Å². The number of hydrogen-bond donors (Lipinski definition) is 2. The molecule has 2 heteroatoms. The van der Waals surface area contributed by atoms with E-state index in [0.717, 1.165) is 6.54 Å². The summed E-state index contributed by atoms with van der Waals surface area (Å²) in [4.78, 5) is 3.27. The topological polar surface area (TPSA) is 27.8 Å². The van der Waals surface area contributed by atoms with Crippen molar-refractivity contribution in [3.05, 3.63) is 36.0 Å². The van der Waals surface area contributed by atoms with Crippen molar-refractivity contribution >= 4 is 10.9 Å². The summed E-state index contributed by atoms with van der Waals surface area (Å²) >= 11 is 0. The van der Waals surface area contributed by atoms with Gasteiger partial charge in [0, 0.05) is 24.3 Å². The van der Waals surface area contributed by atoms with Crippen molar-refractivity contribution in [1.82, 2.24) is 10.3 Å². The van der Waals surface area contributed by atoms with Crippen molar-refractivity contribution in [1.29, 1.82) is 0 Å². The van der Waals surface area contributed by atoms with Crippen LogP contribution in [0.2, 0.25) is 0 Å². The second-order valence-corrected chi connectivity index (χ2v) is 6.38. The lowest BCUT2D eigenvalue weighted by atomic mass is 9.92. The maximum atomic E-state index is 3.70. The average Bonchev–Trinajstić information content (AvgIpc) is 2.92. The highest BCUT2D eigenvalue weighted by molar-refractivity contribution is 5.79. The Morgan fingerprint density at radius 2 is 2.22 bits per heavy atom. The largest absolute Gasteiger partial charge is 0.361 e. The molecule has 2 aromatic rings. The summed E-state index contributed by atoms with van der Waals surface area (Å²) in [7, 11) is 0. The van der Waals surface area contributed by atoms with Crippen LogP contribution in [0, 0.1) is 5.41 Å². The molecule has 1 saturated carbocycles. The molecule has 0 saturated heterocycles. The summed E-state index contributed by atoms with van der Waals surface area (Å²) in [6, 6.07) is 9.48. The van der Waals surface area contributed by atoms with Gasteiger partial charge in [-0.3, -0.25) is 0 Å². The number of fused-ring (bicyclic) bond motifs is 1. The fourth-order valence-electron chi connectivity index (χ4n) is 3.08. The second-order valence-electron chi connectivity index (χ2n) is 6.38. The zero-order valence-electron chi connectivity index (χ0n) is 11.3. The van der Waals surface area contributed by atoms with Crippen molar-refractivity contribution in [2.75, 3.05) is 0 Å². The molecule has 0 spiro atoms. The molecule has 1 unspecified atom stereocenters. The van der Waals surface area contributed by atoms with Crippen molar-refractivity contribution in [3.63, 3.8) is 0 Å². The molecular weight excluding hydrogens is 220 g/mol. The normalized spacial score (nSPS) is 22.7. The van der Waals surface area contributed by atoms with E-state index in [2.05, 4.69) is 48.4 Å². The zero-order valence-corrected chi connectivity index (χ0v) is 11.3. The molecule has 2 N–H and O–H groups in total. The third-order valence-electron chi connectivity index (χ3n) is 4.18. The molecule has 1 aliphatic rings. The summed E-state index contributed by atoms with van der Waals surface area (Å²) in [6.07, 6.45) is 5.97. The summed E-state index contributed by atoms with van der Waals surface area (Å²) in [5, 5.41) is 4.99. The predicted octanol–water partition coefficient (Wildman–Crippen LogP) is 3.84. The van der Waals surface area contributed by atoms with Gasteiger partial charge in [-0.2, -0.15) is 0 Å². The number of hydrogen-bond acceptors (Lipinski definition) is 1. The van der Waals surface area contributed by atoms with E-state index in [1.165, 1.54) is 35.7 Å². The van der Waals surface area contributed by atoms with Crippen molar-refractivity contribution in [3.8, 4) is 0 Å². The van der Waals surface area contributed by atoms with Gasteiger partial charge in [-0.05, 0) is 47.8 Å². The highest BCUT2D eigenvalue weighted by atomic mass is 14.9. The van der Waals surface area contributed by atoms with Gasteiger partial charge in [-0.1, -0.05) is 26.0 Å². The maximum absolute atomic E-state index is 3.70. The van der Waals surface area contributed by atoms with Crippen LogP contribution < -0.4 is 5.32 Å². The Balaban J connectivity index is 1.63. The predicted molar refractivity (Wildman–Crippen MR) is 76.6 cm³/mol. The molecule has 96 valence electrons. The number of benzene rings is 1. The molecule has 1 aromatic carbocycles. The van der Waals surface area contributed by atoms with E-state index in [4.69, 9.17) is 0 Å². The van der Waals surface area contributed by atoms with Gasteiger partial charge in [0.15, 0.2) is 0 Å². The first-order valence-electron chi connectivity index (χ1n) is 6.92. The lowest BCUT2D eigenvalue weighted by Crippen LogP contribution is -2.26. The van der Waals surface area contributed by atoms with E-state index in [-0.39, 0.29) is 0 Å². The molecule has 1 heterocycles. The van der Waals surface area contributed by atoms with Crippen LogP contribution in [0.4, 0.5) is 0 Å². The van der Waals surface area contributed by atoms with Crippen molar-refractivity contribution in [2.45, 2.75) is 45.7 Å². The van der Waals surface area contributed by atoms with Crippen molar-refractivity contribution in [2.24, 2.45) is 5.41 Å². The monoisotopic (exact) mass is 242 g/mol. The molecule has 1 aliphatic carbocycles. The van der Waals surface area contributed by atoms with Gasteiger partial charge in [0.25, 0.3) is 0 Å². The zero-order chi connectivity index (χ0) is 12.6. The molecule has 1 atom stereocenters. The van der Waals surface area contributed by atoms with Gasteiger partial charge in [-0.15, -0.1) is 0 Å². The molecular formula is C16H22N2. The third-order valence-corrected chi connectivity index (χ3v) is 4.18. The minimum absolute atomic E-state index is 0.529. The van der Waals surface area contributed by atoms with Gasteiger partial charge in [-0.25, -0.2) is 0 Å². The Hall–Kier alpha value is -1.28. The van der Waals surface area contributed by atoms with Gasteiger partial charge in [0.1, 0.15) is 0 Å². The number of rotatable bonds is 3. The van der Waals surface area contributed by atoms with Gasteiger partial charge in [0.05, 0.1) is 0 Å². The molecule has 18 heavy (non-hydrogen) atoms. The maximum Gasteiger partial charge on any atom is 0.0457 e. The molecule has 1 fully saturated rings. The van der Waals surface area contributed by atoms with Gasteiger partial charge >= 0.3 is 0 Å². The first kappa shape index (κ1) is 11.8. The third kappa shape index (κ3) is 2.44. The minimum Gasteiger partial charge on any atom is -0.361 e. The minimum atomic E-state index is 0.529. The SMILES string of the molecule is CC1(C)CCC(NCc2ccc3cc[nH]c3c2)C1. The quantitative estimate of drug-likeness (QED) is 0.841. The van der Waals surface area contributed by atoms with Crippen LogP contribution in [0.3, 0.4) is 0 Å². The summed E-state index contributed by atoms with van der Waals surface area (Å²) in [5.41, 5.74) is 3.14. The Morgan fingerprint density at radius 3 is 3.00 bits per heavy atom. The molecule has 0 bridgehead atoms. The summed E-state index contributed by atoms with van der Waals surface area (Å²) in [5.74, 6) is 0. The van der Waals surface area contributed by atoms with E-state index in [0.29, 0.717) is 11.5 Å². The molecule has 1 aromatic heterocycles. The number of nitrogens with one attached hydrogen (secondary N) is 2. The van der Waals surface area contributed by atoms with E-state index in [1.54, 1.807) is 0 Å². The fourth-order valence-corrected chi connectivity index (χ4v) is 3.08. The van der Waals surface area contributed by atoms with Crippen molar-refractivity contribution < 1.29 is 0 Å². The Bertz CT molecular complexity index is 539. The lowest BCUT2D eigenvalue weighted by Gasteiger charge is -2.18. The van der Waals surface area contributed by atoms with Gasteiger partial charge in [0.2, 0.25) is 0 Å². The lowest BCUT2D eigenvalue weighted by molar-refractivity contribution is 0.364. The Morgan fingerprint density at radius 1 is 1.33 bits per heavy atom. The number of aromatic amines is 1. The van der Waals surface area contributed by atoms with Crippen LogP contribution in [0.5, 0.6) is 0 Å². The number of aromatic nitrogens is 1. The molecule has 2 nitrogen and oxygen atoms in total. The van der Waals surface area contributed by atoms with Crippen LogP contribution in [0.25, 0.3) is 10.9 Å². The standard InChI is InChI=1S/C16H22N2/c1-16(2)7-5-14(10-16)18-11-12-3-4-13-6-8-17-15(13)9-12/h3-4,6,8-9,14,17-18H,5,7,10-11H2,1-2H3. The smallest absolute Gasteiger partial charge is 0.0457 e.